The van der Waals surface area contributed by atoms with E-state index in [9.17, 15) is 18.5 Å². The van der Waals surface area contributed by atoms with Crippen molar-refractivity contribution in [2.75, 3.05) is 48.8 Å². The summed E-state index contributed by atoms with van der Waals surface area (Å²) in [6.07, 6.45) is 1.31. The van der Waals surface area contributed by atoms with Crippen molar-refractivity contribution in [2.45, 2.75) is 4.90 Å². The first kappa shape index (κ1) is 22.3. The summed E-state index contributed by atoms with van der Waals surface area (Å²) in [5.41, 5.74) is 1.99. The molecule has 0 spiro atoms. The minimum Gasteiger partial charge on any atom is -0.369 e. The Balaban J connectivity index is 1.61. The Bertz CT molecular complexity index is 1100. The summed E-state index contributed by atoms with van der Waals surface area (Å²) in [6.45, 7) is 3.96. The van der Waals surface area contributed by atoms with E-state index in [4.69, 9.17) is 4.55 Å². The Kier molecular flexibility index (Phi) is 6.91. The summed E-state index contributed by atoms with van der Waals surface area (Å²) in [5, 5.41) is 14.7. The minimum absolute atomic E-state index is 0.151. The van der Waals surface area contributed by atoms with Gasteiger partial charge in [0.25, 0.3) is 16.0 Å². The van der Waals surface area contributed by atoms with Crippen LogP contribution in [0.1, 0.15) is 0 Å². The molecule has 0 saturated carbocycles. The van der Waals surface area contributed by atoms with E-state index in [1.807, 2.05) is 30.3 Å². The molecule has 0 aliphatic carbocycles. The van der Waals surface area contributed by atoms with Gasteiger partial charge < -0.3 is 20.4 Å². The molecule has 2 aromatic carbocycles. The van der Waals surface area contributed by atoms with Crippen LogP contribution in [-0.2, 0) is 14.9 Å². The van der Waals surface area contributed by atoms with Crippen LogP contribution in [0.4, 0.5) is 17.1 Å². The maximum absolute atomic E-state index is 12.3. The van der Waals surface area contributed by atoms with E-state index in [-0.39, 0.29) is 16.2 Å². The number of amides is 1. The Morgan fingerprint density at radius 3 is 2.16 bits per heavy atom. The van der Waals surface area contributed by atoms with Gasteiger partial charge in [-0.25, -0.2) is 0 Å². The van der Waals surface area contributed by atoms with Gasteiger partial charge in [-0.05, 0) is 55.6 Å². The van der Waals surface area contributed by atoms with Gasteiger partial charge in [0.2, 0.25) is 0 Å². The van der Waals surface area contributed by atoms with Crippen molar-refractivity contribution >= 4 is 33.1 Å². The van der Waals surface area contributed by atoms with E-state index in [1.165, 1.54) is 18.3 Å². The second-order valence-corrected chi connectivity index (χ2v) is 8.53. The quantitative estimate of drug-likeness (QED) is 0.354. The predicted molar refractivity (Wildman–Crippen MR) is 118 cm³/mol. The largest absolute Gasteiger partial charge is 0.369 e. The number of nitriles is 1. The minimum atomic E-state index is -4.31. The standard InChI is InChI=1S/C21H23N5O4S/c1-25-10-12-26(13-11-25)19-6-2-17(3-7-19)23-15-16(14-22)21(27)24-18-4-8-20(9-5-18)31(28,29)30/h2-9,15,23H,10-13H2,1H3,(H,24,27)(H,28,29,30)/b16-15-. The molecule has 162 valence electrons. The number of nitrogens with one attached hydrogen (secondary N) is 2. The van der Waals surface area contributed by atoms with Crippen molar-refractivity contribution in [3.8, 4) is 6.07 Å². The molecule has 3 N–H and O–H groups in total. The van der Waals surface area contributed by atoms with Crippen LogP contribution in [0.25, 0.3) is 0 Å². The molecular formula is C21H23N5O4S. The van der Waals surface area contributed by atoms with Crippen LogP contribution in [0.15, 0.2) is 65.2 Å². The van der Waals surface area contributed by atoms with Crippen molar-refractivity contribution < 1.29 is 17.8 Å². The second-order valence-electron chi connectivity index (χ2n) is 7.10. The third-order valence-electron chi connectivity index (χ3n) is 4.89. The number of carbonyl (C=O) groups is 1. The van der Waals surface area contributed by atoms with Gasteiger partial charge in [0.15, 0.2) is 0 Å². The monoisotopic (exact) mass is 441 g/mol. The summed E-state index contributed by atoms with van der Waals surface area (Å²) in [7, 11) is -2.21. The summed E-state index contributed by atoms with van der Waals surface area (Å²) in [4.78, 5) is 16.6. The zero-order valence-electron chi connectivity index (χ0n) is 16.9. The highest BCUT2D eigenvalue weighted by atomic mass is 32.2. The SMILES string of the molecule is CN1CCN(c2ccc(N/C=C(/C#N)C(=O)Nc3ccc(S(=O)(=O)O)cc3)cc2)CC1. The molecule has 9 nitrogen and oxygen atoms in total. The molecule has 1 aliphatic heterocycles. The number of hydrogen-bond donors (Lipinski definition) is 3. The van der Waals surface area contributed by atoms with Crippen LogP contribution >= 0.6 is 0 Å². The maximum atomic E-state index is 12.3. The number of carbonyl (C=O) groups excluding carboxylic acids is 1. The van der Waals surface area contributed by atoms with Crippen LogP contribution in [-0.4, -0.2) is 57.0 Å². The number of likely N-dealkylation sites (N-methyl/N-ethyl adjacent to an activating group) is 1. The fourth-order valence-corrected chi connectivity index (χ4v) is 3.53. The average Bonchev–Trinajstić information content (AvgIpc) is 2.75. The molecule has 1 fully saturated rings. The van der Waals surface area contributed by atoms with E-state index in [0.29, 0.717) is 0 Å². The molecule has 2 aromatic rings. The molecule has 1 saturated heterocycles. The van der Waals surface area contributed by atoms with E-state index in [2.05, 4.69) is 27.5 Å². The van der Waals surface area contributed by atoms with E-state index < -0.39 is 16.0 Å². The van der Waals surface area contributed by atoms with Crippen LogP contribution < -0.4 is 15.5 Å². The first-order valence-corrected chi connectivity index (χ1v) is 11.0. The third-order valence-corrected chi connectivity index (χ3v) is 5.76. The highest BCUT2D eigenvalue weighted by Gasteiger charge is 2.14. The normalized spacial score (nSPS) is 15.3. The van der Waals surface area contributed by atoms with Gasteiger partial charge in [0.05, 0.1) is 4.90 Å². The lowest BCUT2D eigenvalue weighted by atomic mass is 10.2. The fraction of sp³-hybridized carbons (Fsp3) is 0.238. The fourth-order valence-electron chi connectivity index (χ4n) is 3.05. The highest BCUT2D eigenvalue weighted by Crippen LogP contribution is 2.20. The smallest absolute Gasteiger partial charge is 0.294 e. The first-order chi connectivity index (χ1) is 14.8. The van der Waals surface area contributed by atoms with Crippen LogP contribution in [0.5, 0.6) is 0 Å². The molecular weight excluding hydrogens is 418 g/mol. The number of benzene rings is 2. The van der Waals surface area contributed by atoms with E-state index in [0.717, 1.165) is 49.7 Å². The van der Waals surface area contributed by atoms with Crippen molar-refractivity contribution in [3.05, 3.63) is 60.3 Å². The van der Waals surface area contributed by atoms with Crippen LogP contribution in [0.2, 0.25) is 0 Å². The highest BCUT2D eigenvalue weighted by molar-refractivity contribution is 7.85. The number of anilines is 3. The molecule has 10 heteroatoms. The number of piperazine rings is 1. The number of rotatable bonds is 6. The maximum Gasteiger partial charge on any atom is 0.294 e. The van der Waals surface area contributed by atoms with Gasteiger partial charge in [-0.1, -0.05) is 0 Å². The molecule has 1 heterocycles. The van der Waals surface area contributed by atoms with Crippen LogP contribution in [0.3, 0.4) is 0 Å². The lowest BCUT2D eigenvalue weighted by Crippen LogP contribution is -2.44. The molecule has 3 rings (SSSR count). The summed E-state index contributed by atoms with van der Waals surface area (Å²) >= 11 is 0. The summed E-state index contributed by atoms with van der Waals surface area (Å²) in [5.74, 6) is -0.649. The van der Waals surface area contributed by atoms with Gasteiger partial charge >= 0.3 is 0 Å². The second kappa shape index (κ2) is 9.61. The molecule has 31 heavy (non-hydrogen) atoms. The first-order valence-electron chi connectivity index (χ1n) is 9.55. The Morgan fingerprint density at radius 2 is 1.61 bits per heavy atom. The average molecular weight is 442 g/mol. The number of nitrogens with zero attached hydrogens (tertiary/aromatic N) is 3. The zero-order chi connectivity index (χ0) is 22.4. The molecule has 0 unspecified atom stereocenters. The van der Waals surface area contributed by atoms with Gasteiger partial charge in [0.1, 0.15) is 11.6 Å². The predicted octanol–water partition coefficient (Wildman–Crippen LogP) is 2.14. The topological polar surface area (TPSA) is 126 Å². The summed E-state index contributed by atoms with van der Waals surface area (Å²) < 4.78 is 31.1. The Hall–Kier alpha value is -3.39. The molecule has 1 aliphatic rings. The lowest BCUT2D eigenvalue weighted by Gasteiger charge is -2.34. The van der Waals surface area contributed by atoms with Gasteiger partial charge in [-0.3, -0.25) is 9.35 Å². The van der Waals surface area contributed by atoms with Crippen LogP contribution in [0, 0.1) is 11.3 Å². The Morgan fingerprint density at radius 1 is 1.03 bits per heavy atom. The van der Waals surface area contributed by atoms with E-state index in [1.54, 1.807) is 0 Å². The van der Waals surface area contributed by atoms with Crippen molar-refractivity contribution in [2.24, 2.45) is 0 Å². The summed E-state index contributed by atoms with van der Waals surface area (Å²) in [6, 6.07) is 14.5. The Labute approximate surface area is 181 Å². The molecule has 0 atom stereocenters. The molecule has 0 bridgehead atoms. The van der Waals surface area contributed by atoms with Crippen molar-refractivity contribution in [1.82, 2.24) is 4.90 Å². The molecule has 0 radical (unpaired) electrons. The van der Waals surface area contributed by atoms with Gasteiger partial charge in [-0.2, -0.15) is 13.7 Å². The third kappa shape index (κ3) is 6.05. The lowest BCUT2D eigenvalue weighted by molar-refractivity contribution is -0.112. The number of hydrogen-bond acceptors (Lipinski definition) is 7. The zero-order valence-corrected chi connectivity index (χ0v) is 17.8. The van der Waals surface area contributed by atoms with Gasteiger partial charge in [-0.15, -0.1) is 0 Å². The van der Waals surface area contributed by atoms with Crippen molar-refractivity contribution in [1.29, 1.82) is 5.26 Å². The van der Waals surface area contributed by atoms with Gasteiger partial charge in [0, 0.05) is 49.4 Å². The van der Waals surface area contributed by atoms with Crippen molar-refractivity contribution in [3.63, 3.8) is 0 Å². The van der Waals surface area contributed by atoms with E-state index >= 15 is 0 Å². The molecule has 0 aromatic heterocycles. The molecule has 1 amide bonds.